The highest BCUT2D eigenvalue weighted by Gasteiger charge is 2.22. The van der Waals surface area contributed by atoms with Crippen molar-refractivity contribution in [1.29, 1.82) is 0 Å². The van der Waals surface area contributed by atoms with Crippen LogP contribution < -0.4 is 5.32 Å². The lowest BCUT2D eigenvalue weighted by Crippen LogP contribution is -2.18. The molecule has 0 spiro atoms. The van der Waals surface area contributed by atoms with E-state index < -0.39 is 17.8 Å². The number of phenols is 1. The molecule has 2 N–H and O–H groups in total. The van der Waals surface area contributed by atoms with Crippen LogP contribution in [0.1, 0.15) is 31.8 Å². The zero-order chi connectivity index (χ0) is 29.0. The van der Waals surface area contributed by atoms with Gasteiger partial charge in [0.05, 0.1) is 48.0 Å². The second-order valence-corrected chi connectivity index (χ2v) is 10.5. The molecule has 1 amide bonds. The van der Waals surface area contributed by atoms with E-state index in [0.29, 0.717) is 16.5 Å². The van der Waals surface area contributed by atoms with Gasteiger partial charge in [0.25, 0.3) is 0 Å². The van der Waals surface area contributed by atoms with Crippen LogP contribution in [0, 0.1) is 13.8 Å². The van der Waals surface area contributed by atoms with E-state index in [9.17, 15) is 19.5 Å². The highest BCUT2D eigenvalue weighted by molar-refractivity contribution is 9.10. The summed E-state index contributed by atoms with van der Waals surface area (Å²) in [5.74, 6) is -1.43. The highest BCUT2D eigenvalue weighted by Crippen LogP contribution is 2.35. The van der Waals surface area contributed by atoms with E-state index in [0.717, 1.165) is 33.0 Å². The molecule has 12 heteroatoms. The number of carbonyl (C=O) groups is 3. The van der Waals surface area contributed by atoms with Crippen LogP contribution in [0.4, 0.5) is 5.69 Å². The maximum atomic E-state index is 13.0. The average Bonchev–Trinajstić information content (AvgIpc) is 3.35. The number of esters is 2. The van der Waals surface area contributed by atoms with E-state index in [1.807, 2.05) is 32.0 Å². The number of hydrogen-bond donors (Lipinski definition) is 2. The lowest BCUT2D eigenvalue weighted by molar-refractivity contribution is -0.113. The molecule has 0 saturated carbocycles. The lowest BCUT2D eigenvalue weighted by Gasteiger charge is -2.15. The van der Waals surface area contributed by atoms with Gasteiger partial charge in [0.15, 0.2) is 11.0 Å². The molecule has 40 heavy (non-hydrogen) atoms. The Morgan fingerprint density at radius 1 is 0.975 bits per heavy atom. The number of aromatic hydroxyl groups is 1. The second-order valence-electron chi connectivity index (χ2n) is 8.67. The van der Waals surface area contributed by atoms with Crippen LogP contribution in [0.5, 0.6) is 5.75 Å². The number of halogens is 1. The Morgan fingerprint density at radius 3 is 2.42 bits per heavy atom. The zero-order valence-electron chi connectivity index (χ0n) is 22.0. The summed E-state index contributed by atoms with van der Waals surface area (Å²) in [5.41, 5.74) is 3.61. The molecule has 206 valence electrons. The molecule has 0 unspecified atom stereocenters. The minimum atomic E-state index is -0.674. The smallest absolute Gasteiger partial charge is 0.339 e. The van der Waals surface area contributed by atoms with Gasteiger partial charge in [0, 0.05) is 4.47 Å². The number of ether oxygens (including phenoxy) is 2. The summed E-state index contributed by atoms with van der Waals surface area (Å²) in [6.45, 7) is 3.94. The number of nitrogens with zero attached hydrogens (tertiary/aromatic N) is 3. The van der Waals surface area contributed by atoms with Gasteiger partial charge in [-0.3, -0.25) is 9.36 Å². The van der Waals surface area contributed by atoms with Gasteiger partial charge in [-0.25, -0.2) is 9.59 Å². The van der Waals surface area contributed by atoms with Crippen molar-refractivity contribution in [3.05, 3.63) is 81.3 Å². The minimum absolute atomic E-state index is 0.0248. The van der Waals surface area contributed by atoms with E-state index in [1.54, 1.807) is 22.8 Å². The summed E-state index contributed by atoms with van der Waals surface area (Å²) in [7, 11) is 2.46. The van der Waals surface area contributed by atoms with Crippen molar-refractivity contribution in [2.45, 2.75) is 19.0 Å². The third-order valence-corrected chi connectivity index (χ3v) is 7.30. The third kappa shape index (κ3) is 6.18. The maximum absolute atomic E-state index is 13.0. The first-order valence-electron chi connectivity index (χ1n) is 11.9. The Hall–Kier alpha value is -4.16. The van der Waals surface area contributed by atoms with Crippen LogP contribution in [-0.2, 0) is 14.3 Å². The molecule has 0 aliphatic heterocycles. The first kappa shape index (κ1) is 28.8. The van der Waals surface area contributed by atoms with Gasteiger partial charge >= 0.3 is 11.9 Å². The van der Waals surface area contributed by atoms with Crippen molar-refractivity contribution in [3.8, 4) is 22.8 Å². The van der Waals surface area contributed by atoms with Gasteiger partial charge in [-0.2, -0.15) is 0 Å². The third-order valence-electron chi connectivity index (χ3n) is 5.88. The average molecular weight is 626 g/mol. The Bertz CT molecular complexity index is 1620. The van der Waals surface area contributed by atoms with Gasteiger partial charge in [-0.15, -0.1) is 10.2 Å². The molecule has 4 aromatic rings. The number of benzene rings is 3. The number of rotatable bonds is 8. The van der Waals surface area contributed by atoms with Crippen LogP contribution in [0.2, 0.25) is 0 Å². The summed E-state index contributed by atoms with van der Waals surface area (Å²) in [6.07, 6.45) is 0. The molecule has 0 saturated heterocycles. The Morgan fingerprint density at radius 2 is 1.73 bits per heavy atom. The predicted molar refractivity (Wildman–Crippen MR) is 154 cm³/mol. The van der Waals surface area contributed by atoms with Crippen molar-refractivity contribution in [2.24, 2.45) is 0 Å². The number of nitrogens with one attached hydrogen (secondary N) is 1. The molecule has 0 bridgehead atoms. The topological polar surface area (TPSA) is 133 Å². The number of phenolic OH excluding ortho intramolecular Hbond substituents is 1. The van der Waals surface area contributed by atoms with Crippen LogP contribution in [0.15, 0.2) is 64.2 Å². The Labute approximate surface area is 242 Å². The molecule has 1 heterocycles. The van der Waals surface area contributed by atoms with Gasteiger partial charge in [0.1, 0.15) is 5.75 Å². The summed E-state index contributed by atoms with van der Waals surface area (Å²) >= 11 is 4.56. The molecule has 4 rings (SSSR count). The summed E-state index contributed by atoms with van der Waals surface area (Å²) in [5, 5.41) is 22.3. The van der Waals surface area contributed by atoms with Crippen molar-refractivity contribution in [1.82, 2.24) is 14.8 Å². The first-order valence-corrected chi connectivity index (χ1v) is 13.7. The normalized spacial score (nSPS) is 10.7. The SMILES string of the molecule is COC(=O)c1ccc(C(=O)OC)c(NC(=O)CSc2nnc(-c3cc(Br)ccc3O)n2-c2ccc(C)cc2C)c1. The number of aromatic nitrogens is 3. The van der Waals surface area contributed by atoms with E-state index in [4.69, 9.17) is 9.47 Å². The molecule has 0 radical (unpaired) electrons. The van der Waals surface area contributed by atoms with Crippen LogP contribution >= 0.6 is 27.7 Å². The number of aryl methyl sites for hydroxylation is 2. The Kier molecular flexibility index (Phi) is 8.90. The molecule has 0 aliphatic carbocycles. The molecule has 0 aliphatic rings. The largest absolute Gasteiger partial charge is 0.507 e. The fourth-order valence-corrected chi connectivity index (χ4v) is 5.10. The second kappa shape index (κ2) is 12.3. The standard InChI is InChI=1S/C28H25BrN4O6S/c1-15-5-9-22(16(2)11-15)33-25(20-13-18(29)7-10-23(20)34)31-32-28(33)40-14-24(35)30-21-12-17(26(36)38-3)6-8-19(21)27(37)39-4/h5-13,34H,14H2,1-4H3,(H,30,35). The monoisotopic (exact) mass is 624 g/mol. The van der Waals surface area contributed by atoms with E-state index >= 15 is 0 Å². The number of hydrogen-bond acceptors (Lipinski definition) is 9. The van der Waals surface area contributed by atoms with Gasteiger partial charge in [-0.05, 0) is 61.9 Å². The minimum Gasteiger partial charge on any atom is -0.507 e. The number of amides is 1. The summed E-state index contributed by atoms with van der Waals surface area (Å²) in [6, 6.07) is 15.1. The maximum Gasteiger partial charge on any atom is 0.339 e. The fraction of sp³-hybridized carbons (Fsp3) is 0.179. The molecular formula is C28H25BrN4O6S. The molecule has 3 aromatic carbocycles. The van der Waals surface area contributed by atoms with Gasteiger partial charge in [-0.1, -0.05) is 45.4 Å². The van der Waals surface area contributed by atoms with Crippen molar-refractivity contribution in [2.75, 3.05) is 25.3 Å². The first-order chi connectivity index (χ1) is 19.1. The van der Waals surface area contributed by atoms with E-state index in [1.165, 1.54) is 32.4 Å². The van der Waals surface area contributed by atoms with Crippen molar-refractivity contribution >= 4 is 51.2 Å². The van der Waals surface area contributed by atoms with Gasteiger partial charge in [0.2, 0.25) is 5.91 Å². The Balaban J connectivity index is 1.67. The van der Waals surface area contributed by atoms with E-state index in [-0.39, 0.29) is 28.3 Å². The van der Waals surface area contributed by atoms with Crippen LogP contribution in [-0.4, -0.2) is 57.7 Å². The molecule has 1 aromatic heterocycles. The highest BCUT2D eigenvalue weighted by atomic mass is 79.9. The molecule has 0 atom stereocenters. The summed E-state index contributed by atoms with van der Waals surface area (Å²) < 4.78 is 12.1. The zero-order valence-corrected chi connectivity index (χ0v) is 24.4. The summed E-state index contributed by atoms with van der Waals surface area (Å²) in [4.78, 5) is 37.3. The predicted octanol–water partition coefficient (Wildman–Crippen LogP) is 5.32. The van der Waals surface area contributed by atoms with E-state index in [2.05, 4.69) is 31.4 Å². The molecule has 0 fully saturated rings. The number of anilines is 1. The van der Waals surface area contributed by atoms with Crippen molar-refractivity contribution < 1.29 is 29.0 Å². The lowest BCUT2D eigenvalue weighted by atomic mass is 10.1. The number of thioether (sulfide) groups is 1. The van der Waals surface area contributed by atoms with Gasteiger partial charge < -0.3 is 19.9 Å². The van der Waals surface area contributed by atoms with Crippen molar-refractivity contribution in [3.63, 3.8) is 0 Å². The quantitative estimate of drug-likeness (QED) is 0.197. The van der Waals surface area contributed by atoms with Crippen LogP contribution in [0.25, 0.3) is 17.1 Å². The molecule has 10 nitrogen and oxygen atoms in total. The van der Waals surface area contributed by atoms with Crippen LogP contribution in [0.3, 0.4) is 0 Å². The number of methoxy groups -OCH3 is 2. The number of carbonyl (C=O) groups excluding carboxylic acids is 3. The molecular weight excluding hydrogens is 600 g/mol. The fourth-order valence-electron chi connectivity index (χ4n) is 4.00.